The molecule has 1 aromatic heterocycles. The summed E-state index contributed by atoms with van der Waals surface area (Å²) in [6.45, 7) is 0.957. The Balaban J connectivity index is 1.52. The number of benzene rings is 2. The van der Waals surface area contributed by atoms with Crippen LogP contribution in [0.1, 0.15) is 32.0 Å². The van der Waals surface area contributed by atoms with Gasteiger partial charge in [0.1, 0.15) is 0 Å². The molecule has 0 bridgehead atoms. The predicted octanol–water partition coefficient (Wildman–Crippen LogP) is 3.07. The highest BCUT2D eigenvalue weighted by atomic mass is 16.5. The SMILES string of the molecule is O=C(NO)c1cnc2c(c1)CN(C(=O)c1ccc(-c3ccccc3)cc1)CC2. The number of rotatable bonds is 3. The second-order valence-electron chi connectivity index (χ2n) is 6.69. The number of fused-ring (bicyclic) bond motifs is 1. The molecule has 28 heavy (non-hydrogen) atoms. The Kier molecular flexibility index (Phi) is 4.87. The molecule has 0 aliphatic carbocycles. The van der Waals surface area contributed by atoms with Crippen molar-refractivity contribution >= 4 is 11.8 Å². The lowest BCUT2D eigenvalue weighted by atomic mass is 10.0. The van der Waals surface area contributed by atoms with Gasteiger partial charge in [-0.2, -0.15) is 0 Å². The minimum absolute atomic E-state index is 0.0534. The number of aromatic nitrogens is 1. The predicted molar refractivity (Wildman–Crippen MR) is 104 cm³/mol. The standard InChI is InChI=1S/C22H19N3O3/c26-21(24-28)18-12-19-14-25(11-10-20(19)23-13-18)22(27)17-8-6-16(7-9-17)15-4-2-1-3-5-15/h1-9,12-13,28H,10-11,14H2,(H,24,26). The lowest BCUT2D eigenvalue weighted by molar-refractivity contribution is 0.0705. The second kappa shape index (κ2) is 7.62. The number of amides is 2. The van der Waals surface area contributed by atoms with Crippen LogP contribution in [0, 0.1) is 0 Å². The van der Waals surface area contributed by atoms with E-state index in [0.717, 1.165) is 22.4 Å². The van der Waals surface area contributed by atoms with E-state index in [9.17, 15) is 9.59 Å². The van der Waals surface area contributed by atoms with Crippen molar-refractivity contribution in [2.45, 2.75) is 13.0 Å². The Morgan fingerprint density at radius 2 is 1.68 bits per heavy atom. The van der Waals surface area contributed by atoms with Crippen LogP contribution in [0.4, 0.5) is 0 Å². The van der Waals surface area contributed by atoms with Crippen LogP contribution in [0.3, 0.4) is 0 Å². The molecule has 0 saturated carbocycles. The zero-order chi connectivity index (χ0) is 19.5. The molecule has 1 aliphatic heterocycles. The zero-order valence-corrected chi connectivity index (χ0v) is 15.1. The van der Waals surface area contributed by atoms with Crippen molar-refractivity contribution in [1.82, 2.24) is 15.4 Å². The average molecular weight is 373 g/mol. The van der Waals surface area contributed by atoms with E-state index >= 15 is 0 Å². The maximum absolute atomic E-state index is 12.9. The molecule has 0 unspecified atom stereocenters. The van der Waals surface area contributed by atoms with Crippen molar-refractivity contribution in [1.29, 1.82) is 0 Å². The van der Waals surface area contributed by atoms with Crippen LogP contribution < -0.4 is 5.48 Å². The van der Waals surface area contributed by atoms with Gasteiger partial charge < -0.3 is 4.90 Å². The number of hydroxylamine groups is 1. The van der Waals surface area contributed by atoms with Crippen LogP contribution in [-0.4, -0.2) is 33.5 Å². The highest BCUT2D eigenvalue weighted by Gasteiger charge is 2.23. The molecule has 0 radical (unpaired) electrons. The van der Waals surface area contributed by atoms with Gasteiger partial charge in [0, 0.05) is 37.0 Å². The number of nitrogens with one attached hydrogen (secondary N) is 1. The molecule has 2 N–H and O–H groups in total. The summed E-state index contributed by atoms with van der Waals surface area (Å²) < 4.78 is 0. The van der Waals surface area contributed by atoms with Crippen molar-refractivity contribution in [2.24, 2.45) is 0 Å². The van der Waals surface area contributed by atoms with Crippen molar-refractivity contribution in [3.05, 3.63) is 89.2 Å². The van der Waals surface area contributed by atoms with Crippen LogP contribution in [-0.2, 0) is 13.0 Å². The normalized spacial score (nSPS) is 13.0. The van der Waals surface area contributed by atoms with Crippen LogP contribution in [0.2, 0.25) is 0 Å². The van der Waals surface area contributed by atoms with Gasteiger partial charge in [-0.25, -0.2) is 5.48 Å². The molecule has 2 heterocycles. The fourth-order valence-electron chi connectivity index (χ4n) is 3.41. The molecular formula is C22H19N3O3. The summed E-state index contributed by atoms with van der Waals surface area (Å²) in [6.07, 6.45) is 2.06. The minimum atomic E-state index is -0.616. The van der Waals surface area contributed by atoms with Gasteiger partial charge in [-0.05, 0) is 34.9 Å². The number of pyridine rings is 1. The van der Waals surface area contributed by atoms with E-state index in [-0.39, 0.29) is 11.5 Å². The summed E-state index contributed by atoms with van der Waals surface area (Å²) in [5, 5.41) is 8.79. The van der Waals surface area contributed by atoms with E-state index in [4.69, 9.17) is 5.21 Å². The number of carbonyl (C=O) groups excluding carboxylic acids is 2. The van der Waals surface area contributed by atoms with E-state index in [0.29, 0.717) is 25.1 Å². The highest BCUT2D eigenvalue weighted by molar-refractivity contribution is 5.95. The maximum atomic E-state index is 12.9. The van der Waals surface area contributed by atoms with Crippen LogP contribution in [0.15, 0.2) is 66.9 Å². The Morgan fingerprint density at radius 3 is 2.39 bits per heavy atom. The summed E-state index contributed by atoms with van der Waals surface area (Å²) in [7, 11) is 0. The number of carbonyl (C=O) groups is 2. The van der Waals surface area contributed by atoms with Gasteiger partial charge in [0.05, 0.1) is 5.56 Å². The summed E-state index contributed by atoms with van der Waals surface area (Å²) >= 11 is 0. The highest BCUT2D eigenvalue weighted by Crippen LogP contribution is 2.23. The van der Waals surface area contributed by atoms with Crippen LogP contribution in [0.25, 0.3) is 11.1 Å². The second-order valence-corrected chi connectivity index (χ2v) is 6.69. The monoisotopic (exact) mass is 373 g/mol. The third-order valence-electron chi connectivity index (χ3n) is 4.93. The largest absolute Gasteiger partial charge is 0.334 e. The lowest BCUT2D eigenvalue weighted by Crippen LogP contribution is -2.36. The van der Waals surface area contributed by atoms with Gasteiger partial charge in [-0.15, -0.1) is 0 Å². The summed E-state index contributed by atoms with van der Waals surface area (Å²) in [4.78, 5) is 30.6. The molecule has 0 saturated heterocycles. The third kappa shape index (κ3) is 3.50. The summed E-state index contributed by atoms with van der Waals surface area (Å²) in [5.41, 5.74) is 6.36. The number of hydrogen-bond acceptors (Lipinski definition) is 4. The molecule has 6 heteroatoms. The molecule has 2 aromatic carbocycles. The van der Waals surface area contributed by atoms with Crippen molar-refractivity contribution in [2.75, 3.05) is 6.54 Å². The first-order valence-electron chi connectivity index (χ1n) is 9.02. The van der Waals surface area contributed by atoms with E-state index in [2.05, 4.69) is 4.98 Å². The molecule has 0 spiro atoms. The Morgan fingerprint density at radius 1 is 0.964 bits per heavy atom. The average Bonchev–Trinajstić information content (AvgIpc) is 2.78. The van der Waals surface area contributed by atoms with Crippen molar-refractivity contribution in [3.63, 3.8) is 0 Å². The molecule has 0 atom stereocenters. The summed E-state index contributed by atoms with van der Waals surface area (Å²) in [6, 6.07) is 19.3. The number of hydrogen-bond donors (Lipinski definition) is 2. The quantitative estimate of drug-likeness (QED) is 0.546. The van der Waals surface area contributed by atoms with E-state index < -0.39 is 5.91 Å². The first-order chi connectivity index (χ1) is 13.7. The molecular weight excluding hydrogens is 354 g/mol. The maximum Gasteiger partial charge on any atom is 0.276 e. The Bertz CT molecular complexity index is 1020. The zero-order valence-electron chi connectivity index (χ0n) is 15.1. The fraction of sp³-hybridized carbons (Fsp3) is 0.136. The summed E-state index contributed by atoms with van der Waals surface area (Å²) in [5.74, 6) is -0.669. The smallest absolute Gasteiger partial charge is 0.276 e. The van der Waals surface area contributed by atoms with Crippen LogP contribution in [0.5, 0.6) is 0 Å². The van der Waals surface area contributed by atoms with E-state index in [1.54, 1.807) is 16.4 Å². The minimum Gasteiger partial charge on any atom is -0.334 e. The van der Waals surface area contributed by atoms with Crippen molar-refractivity contribution < 1.29 is 14.8 Å². The Labute approximate surface area is 162 Å². The van der Waals surface area contributed by atoms with Gasteiger partial charge in [-0.3, -0.25) is 19.8 Å². The van der Waals surface area contributed by atoms with Gasteiger partial charge in [0.15, 0.2) is 0 Å². The topological polar surface area (TPSA) is 82.5 Å². The van der Waals surface area contributed by atoms with Gasteiger partial charge >= 0.3 is 0 Å². The van der Waals surface area contributed by atoms with Gasteiger partial charge in [0.2, 0.25) is 0 Å². The molecule has 140 valence electrons. The van der Waals surface area contributed by atoms with Crippen LogP contribution >= 0.6 is 0 Å². The molecule has 2 amide bonds. The molecule has 3 aromatic rings. The molecule has 6 nitrogen and oxygen atoms in total. The molecule has 1 aliphatic rings. The third-order valence-corrected chi connectivity index (χ3v) is 4.93. The molecule has 0 fully saturated rings. The van der Waals surface area contributed by atoms with Gasteiger partial charge in [0.25, 0.3) is 11.8 Å². The van der Waals surface area contributed by atoms with E-state index in [1.807, 2.05) is 54.6 Å². The van der Waals surface area contributed by atoms with Gasteiger partial charge in [-0.1, -0.05) is 42.5 Å². The van der Waals surface area contributed by atoms with Crippen molar-refractivity contribution in [3.8, 4) is 11.1 Å². The van der Waals surface area contributed by atoms with E-state index in [1.165, 1.54) is 6.20 Å². The molecule has 4 rings (SSSR count). The fourth-order valence-corrected chi connectivity index (χ4v) is 3.41. The lowest BCUT2D eigenvalue weighted by Gasteiger charge is -2.28. The number of nitrogens with zero attached hydrogens (tertiary/aromatic N) is 2. The first-order valence-corrected chi connectivity index (χ1v) is 9.02. The first kappa shape index (κ1) is 17.9. The Hall–Kier alpha value is -3.51.